The summed E-state index contributed by atoms with van der Waals surface area (Å²) in [5, 5.41) is 3.54. The summed E-state index contributed by atoms with van der Waals surface area (Å²) in [6.07, 6.45) is 7.87. The van der Waals surface area contributed by atoms with Gasteiger partial charge in [0.25, 0.3) is 0 Å². The highest BCUT2D eigenvalue weighted by Gasteiger charge is 2.45. The van der Waals surface area contributed by atoms with E-state index < -0.39 is 0 Å². The molecule has 1 aliphatic heterocycles. The van der Waals surface area contributed by atoms with Gasteiger partial charge in [0.15, 0.2) is 0 Å². The molecule has 0 amide bonds. The van der Waals surface area contributed by atoms with Gasteiger partial charge in [-0.3, -0.25) is 0 Å². The topological polar surface area (TPSA) is 29.9 Å². The minimum atomic E-state index is 0.501. The Labute approximate surface area is 126 Å². The standard InChI is InChI=1S/C18H23N3/c1-13(2)18(7-8-18)11-21-12-19-10-16(21)15-5-3-4-14-6-9-20-17(14)15/h3-5,10,12-13,20H,6-9,11H2,1-2H3. The molecule has 1 fully saturated rings. The van der Waals surface area contributed by atoms with Crippen LogP contribution in [0.15, 0.2) is 30.7 Å². The number of nitrogens with zero attached hydrogens (tertiary/aromatic N) is 2. The Morgan fingerprint density at radius 3 is 2.95 bits per heavy atom. The van der Waals surface area contributed by atoms with Crippen molar-refractivity contribution < 1.29 is 0 Å². The van der Waals surface area contributed by atoms with Crippen molar-refractivity contribution in [1.29, 1.82) is 0 Å². The fraction of sp³-hybridized carbons (Fsp3) is 0.500. The molecule has 0 atom stereocenters. The second-order valence-corrected chi connectivity index (χ2v) is 6.94. The number of nitrogens with one attached hydrogen (secondary N) is 1. The molecule has 3 heteroatoms. The van der Waals surface area contributed by atoms with Gasteiger partial charge in [0.05, 0.1) is 18.2 Å². The second-order valence-electron chi connectivity index (χ2n) is 6.94. The summed E-state index contributed by atoms with van der Waals surface area (Å²) in [5.74, 6) is 0.743. The lowest BCUT2D eigenvalue weighted by Gasteiger charge is -2.22. The molecule has 0 radical (unpaired) electrons. The molecule has 1 N–H and O–H groups in total. The SMILES string of the molecule is CC(C)C1(Cn2cncc2-c2cccc3c2NCC3)CC1. The third kappa shape index (κ3) is 2.06. The average Bonchev–Trinajstić information content (AvgIpc) is 2.91. The van der Waals surface area contributed by atoms with Gasteiger partial charge in [-0.05, 0) is 36.2 Å². The van der Waals surface area contributed by atoms with Crippen LogP contribution in [-0.2, 0) is 13.0 Å². The van der Waals surface area contributed by atoms with E-state index in [1.54, 1.807) is 0 Å². The first-order valence-corrected chi connectivity index (χ1v) is 8.06. The van der Waals surface area contributed by atoms with Crippen LogP contribution < -0.4 is 5.32 Å². The first kappa shape index (κ1) is 12.9. The Bertz CT molecular complexity index is 665. The maximum absolute atomic E-state index is 4.43. The number of para-hydroxylation sites is 1. The number of rotatable bonds is 4. The summed E-state index contributed by atoms with van der Waals surface area (Å²) in [4.78, 5) is 4.43. The quantitative estimate of drug-likeness (QED) is 0.919. The lowest BCUT2D eigenvalue weighted by Crippen LogP contribution is -2.17. The monoisotopic (exact) mass is 281 g/mol. The third-order valence-electron chi connectivity index (χ3n) is 5.44. The number of fused-ring (bicyclic) bond motifs is 1. The van der Waals surface area contributed by atoms with Crippen LogP contribution >= 0.6 is 0 Å². The van der Waals surface area contributed by atoms with Crippen molar-refractivity contribution in [2.45, 2.75) is 39.7 Å². The largest absolute Gasteiger partial charge is 0.384 e. The van der Waals surface area contributed by atoms with E-state index in [-0.39, 0.29) is 0 Å². The third-order valence-corrected chi connectivity index (χ3v) is 5.44. The number of imidazole rings is 1. The van der Waals surface area contributed by atoms with Crippen LogP contribution in [0.1, 0.15) is 32.3 Å². The molecule has 2 heterocycles. The Morgan fingerprint density at radius 2 is 2.19 bits per heavy atom. The summed E-state index contributed by atoms with van der Waals surface area (Å²) in [7, 11) is 0. The lowest BCUT2D eigenvalue weighted by atomic mass is 9.92. The zero-order chi connectivity index (χ0) is 14.4. The molecule has 3 nitrogen and oxygen atoms in total. The van der Waals surface area contributed by atoms with E-state index in [0.29, 0.717) is 5.41 Å². The molecule has 1 aliphatic carbocycles. The summed E-state index contributed by atoms with van der Waals surface area (Å²) in [6.45, 7) is 6.86. The molecule has 0 spiro atoms. The van der Waals surface area contributed by atoms with Crippen molar-refractivity contribution in [3.05, 3.63) is 36.3 Å². The molecule has 1 saturated carbocycles. The van der Waals surface area contributed by atoms with E-state index in [9.17, 15) is 0 Å². The van der Waals surface area contributed by atoms with Crippen LogP contribution in [0.3, 0.4) is 0 Å². The minimum Gasteiger partial charge on any atom is -0.384 e. The Hall–Kier alpha value is -1.77. The highest BCUT2D eigenvalue weighted by Crippen LogP contribution is 2.53. The first-order chi connectivity index (χ1) is 10.2. The van der Waals surface area contributed by atoms with Crippen LogP contribution in [0.25, 0.3) is 11.3 Å². The molecule has 0 saturated heterocycles. The molecule has 2 aromatic rings. The molecule has 2 aliphatic rings. The number of hydrogen-bond acceptors (Lipinski definition) is 2. The van der Waals surface area contributed by atoms with Crippen LogP contribution in [0.5, 0.6) is 0 Å². The van der Waals surface area contributed by atoms with Gasteiger partial charge in [-0.15, -0.1) is 0 Å². The lowest BCUT2D eigenvalue weighted by molar-refractivity contribution is 0.310. The predicted molar refractivity (Wildman–Crippen MR) is 86.4 cm³/mol. The van der Waals surface area contributed by atoms with Gasteiger partial charge in [-0.1, -0.05) is 32.0 Å². The Balaban J connectivity index is 1.72. The summed E-state index contributed by atoms with van der Waals surface area (Å²) >= 11 is 0. The van der Waals surface area contributed by atoms with E-state index >= 15 is 0 Å². The summed E-state index contributed by atoms with van der Waals surface area (Å²) in [5.41, 5.74) is 5.81. The fourth-order valence-electron chi connectivity index (χ4n) is 3.64. The van der Waals surface area contributed by atoms with E-state index in [2.05, 4.69) is 46.9 Å². The molecule has 1 aromatic carbocycles. The maximum atomic E-state index is 4.43. The molecule has 21 heavy (non-hydrogen) atoms. The van der Waals surface area contributed by atoms with Gasteiger partial charge >= 0.3 is 0 Å². The van der Waals surface area contributed by atoms with E-state index in [1.807, 2.05) is 12.5 Å². The number of anilines is 1. The van der Waals surface area contributed by atoms with E-state index in [0.717, 1.165) is 25.4 Å². The van der Waals surface area contributed by atoms with Crippen molar-refractivity contribution >= 4 is 5.69 Å². The van der Waals surface area contributed by atoms with Crippen molar-refractivity contribution in [3.8, 4) is 11.3 Å². The molecular formula is C18H23N3. The average molecular weight is 281 g/mol. The summed E-state index contributed by atoms with van der Waals surface area (Å²) < 4.78 is 2.36. The number of benzene rings is 1. The predicted octanol–water partition coefficient (Wildman–Crippen LogP) is 3.95. The molecular weight excluding hydrogens is 258 g/mol. The molecule has 0 bridgehead atoms. The number of aromatic nitrogens is 2. The van der Waals surface area contributed by atoms with E-state index in [4.69, 9.17) is 0 Å². The van der Waals surface area contributed by atoms with Crippen LogP contribution in [-0.4, -0.2) is 16.1 Å². The van der Waals surface area contributed by atoms with Gasteiger partial charge in [0.1, 0.15) is 0 Å². The van der Waals surface area contributed by atoms with Crippen molar-refractivity contribution in [1.82, 2.24) is 9.55 Å². The number of hydrogen-bond donors (Lipinski definition) is 1. The van der Waals surface area contributed by atoms with Gasteiger partial charge in [-0.25, -0.2) is 4.98 Å². The van der Waals surface area contributed by atoms with Crippen molar-refractivity contribution in [3.63, 3.8) is 0 Å². The zero-order valence-electron chi connectivity index (χ0n) is 12.9. The van der Waals surface area contributed by atoms with Gasteiger partial charge in [-0.2, -0.15) is 0 Å². The molecule has 1 aromatic heterocycles. The van der Waals surface area contributed by atoms with Crippen LogP contribution in [0.2, 0.25) is 0 Å². The van der Waals surface area contributed by atoms with Crippen molar-refractivity contribution in [2.24, 2.45) is 11.3 Å². The Kier molecular flexibility index (Phi) is 2.84. The van der Waals surface area contributed by atoms with Crippen molar-refractivity contribution in [2.75, 3.05) is 11.9 Å². The highest BCUT2D eigenvalue weighted by atomic mass is 15.1. The maximum Gasteiger partial charge on any atom is 0.0951 e. The van der Waals surface area contributed by atoms with Crippen LogP contribution in [0.4, 0.5) is 5.69 Å². The molecule has 4 rings (SSSR count). The van der Waals surface area contributed by atoms with Gasteiger partial charge < -0.3 is 9.88 Å². The zero-order valence-corrected chi connectivity index (χ0v) is 12.9. The van der Waals surface area contributed by atoms with E-state index in [1.165, 1.54) is 35.3 Å². The minimum absolute atomic E-state index is 0.501. The molecule has 110 valence electrons. The van der Waals surface area contributed by atoms with Gasteiger partial charge in [0, 0.05) is 24.3 Å². The normalized spacial score (nSPS) is 18.6. The Morgan fingerprint density at radius 1 is 1.33 bits per heavy atom. The summed E-state index contributed by atoms with van der Waals surface area (Å²) in [6, 6.07) is 6.63. The highest BCUT2D eigenvalue weighted by molar-refractivity contribution is 5.79. The smallest absolute Gasteiger partial charge is 0.0951 e. The second kappa shape index (κ2) is 4.62. The fourth-order valence-corrected chi connectivity index (χ4v) is 3.64. The van der Waals surface area contributed by atoms with Crippen LogP contribution in [0, 0.1) is 11.3 Å². The van der Waals surface area contributed by atoms with Gasteiger partial charge in [0.2, 0.25) is 0 Å². The first-order valence-electron chi connectivity index (χ1n) is 8.06. The molecule has 0 unspecified atom stereocenters.